The van der Waals surface area contributed by atoms with Gasteiger partial charge in [0.15, 0.2) is 0 Å². The first-order valence-electron chi connectivity index (χ1n) is 14.4. The predicted molar refractivity (Wildman–Crippen MR) is 139 cm³/mol. The third kappa shape index (κ3) is 5.30. The molecule has 5 nitrogen and oxygen atoms in total. The summed E-state index contributed by atoms with van der Waals surface area (Å²) in [6, 6.07) is 0. The molecular weight excluding hydrogens is 438 g/mol. The molecule has 0 aliphatic heterocycles. The van der Waals surface area contributed by atoms with Gasteiger partial charge in [-0.05, 0) is 91.3 Å². The maximum atomic E-state index is 12.0. The van der Waals surface area contributed by atoms with Crippen LogP contribution >= 0.6 is 0 Å². The fraction of sp³-hybridized carbons (Fsp3) is 0.867. The first-order chi connectivity index (χ1) is 16.5. The minimum atomic E-state index is -1.05. The van der Waals surface area contributed by atoms with Crippen molar-refractivity contribution >= 4 is 12.1 Å². The van der Waals surface area contributed by atoms with Crippen LogP contribution < -0.4 is 5.32 Å². The first kappa shape index (κ1) is 26.5. The zero-order valence-electron chi connectivity index (χ0n) is 22.8. The number of rotatable bonds is 8. The quantitative estimate of drug-likeness (QED) is 0.355. The number of hydrogen-bond donors (Lipinski definition) is 2. The second-order valence-electron chi connectivity index (χ2n) is 13.3. The minimum Gasteiger partial charge on any atom is -0.480 e. The zero-order chi connectivity index (χ0) is 25.4. The average Bonchev–Trinajstić information content (AvgIpc) is 3.15. The summed E-state index contributed by atoms with van der Waals surface area (Å²) in [5.74, 6) is 3.88. The monoisotopic (exact) mass is 487 g/mol. The molecule has 0 aromatic carbocycles. The molecule has 0 aromatic rings. The van der Waals surface area contributed by atoms with Crippen LogP contribution in [0.2, 0.25) is 0 Å². The molecule has 0 saturated heterocycles. The number of fused-ring (bicyclic) bond motifs is 5. The SMILES string of the molecule is CC(C)CCC[C@@H](C)[C@H]1CCC2C3CC=C4CC(OC(=O)NCC(=O)O)CC[C@]4(C)C3CC[C@@]21C. The Morgan fingerprint density at radius 3 is 2.57 bits per heavy atom. The van der Waals surface area contributed by atoms with E-state index in [-0.39, 0.29) is 11.5 Å². The van der Waals surface area contributed by atoms with Crippen LogP contribution in [0.3, 0.4) is 0 Å². The van der Waals surface area contributed by atoms with Crippen LogP contribution in [-0.4, -0.2) is 29.8 Å². The lowest BCUT2D eigenvalue weighted by Crippen LogP contribution is -2.51. The molecule has 5 heteroatoms. The summed E-state index contributed by atoms with van der Waals surface area (Å²) in [4.78, 5) is 22.7. The Kier molecular flexibility index (Phi) is 7.93. The highest BCUT2D eigenvalue weighted by Crippen LogP contribution is 2.67. The molecule has 0 bridgehead atoms. The van der Waals surface area contributed by atoms with Gasteiger partial charge in [0.1, 0.15) is 12.6 Å². The van der Waals surface area contributed by atoms with Crippen molar-refractivity contribution in [2.75, 3.05) is 6.54 Å². The molecule has 198 valence electrons. The van der Waals surface area contributed by atoms with E-state index < -0.39 is 18.6 Å². The van der Waals surface area contributed by atoms with E-state index in [1.807, 2.05) is 0 Å². The van der Waals surface area contributed by atoms with E-state index in [0.717, 1.165) is 54.8 Å². The van der Waals surface area contributed by atoms with Gasteiger partial charge in [-0.25, -0.2) is 4.79 Å². The van der Waals surface area contributed by atoms with E-state index in [4.69, 9.17) is 9.84 Å². The van der Waals surface area contributed by atoms with Gasteiger partial charge in [0.25, 0.3) is 0 Å². The van der Waals surface area contributed by atoms with Gasteiger partial charge in [-0.2, -0.15) is 0 Å². The number of carbonyl (C=O) groups is 2. The molecular formula is C30H49NO4. The summed E-state index contributed by atoms with van der Waals surface area (Å²) in [5, 5.41) is 11.1. The Hall–Kier alpha value is -1.52. The van der Waals surface area contributed by atoms with Crippen LogP contribution in [0.4, 0.5) is 4.79 Å². The lowest BCUT2D eigenvalue weighted by molar-refractivity contribution is -0.135. The van der Waals surface area contributed by atoms with Gasteiger partial charge in [-0.15, -0.1) is 0 Å². The second kappa shape index (κ2) is 10.5. The van der Waals surface area contributed by atoms with Crippen molar-refractivity contribution in [2.24, 2.45) is 46.3 Å². The molecule has 4 aliphatic rings. The van der Waals surface area contributed by atoms with Crippen LogP contribution in [0.5, 0.6) is 0 Å². The average molecular weight is 488 g/mol. The number of aliphatic carboxylic acids is 1. The summed E-state index contributed by atoms with van der Waals surface area (Å²) < 4.78 is 5.59. The molecule has 8 atom stereocenters. The fourth-order valence-corrected chi connectivity index (χ4v) is 9.09. The van der Waals surface area contributed by atoms with Crippen LogP contribution in [-0.2, 0) is 9.53 Å². The molecule has 4 aliphatic carbocycles. The van der Waals surface area contributed by atoms with Crippen LogP contribution in [0, 0.1) is 46.3 Å². The maximum absolute atomic E-state index is 12.0. The van der Waals surface area contributed by atoms with Crippen molar-refractivity contribution in [3.63, 3.8) is 0 Å². The number of carbonyl (C=O) groups excluding carboxylic acids is 1. The highest BCUT2D eigenvalue weighted by Gasteiger charge is 2.59. The van der Waals surface area contributed by atoms with Crippen molar-refractivity contribution in [1.29, 1.82) is 0 Å². The number of amides is 1. The van der Waals surface area contributed by atoms with E-state index >= 15 is 0 Å². The molecule has 2 N–H and O–H groups in total. The normalized spacial score (nSPS) is 39.1. The van der Waals surface area contributed by atoms with Gasteiger partial charge in [0, 0.05) is 6.42 Å². The molecule has 3 fully saturated rings. The first-order valence-corrected chi connectivity index (χ1v) is 14.4. The molecule has 4 unspecified atom stereocenters. The predicted octanol–water partition coefficient (Wildman–Crippen LogP) is 7.21. The number of carboxylic acids is 1. The standard InChI is InChI=1S/C30H49NO4/c1-19(2)7-6-8-20(3)24-11-12-25-23-10-9-21-17-22(35-28(34)31-18-27(32)33)13-15-29(21,4)26(23)14-16-30(24,25)5/h9,19-20,22-26H,6-8,10-18H2,1-5H3,(H,31,34)(H,32,33)/t20-,22?,23?,24-,25?,26?,29+,30-/m1/s1. The number of alkyl carbamates (subject to hydrolysis) is 1. The summed E-state index contributed by atoms with van der Waals surface area (Å²) in [6.45, 7) is 12.0. The van der Waals surface area contributed by atoms with Crippen LogP contribution in [0.1, 0.15) is 105 Å². The highest BCUT2D eigenvalue weighted by molar-refractivity contribution is 5.76. The van der Waals surface area contributed by atoms with E-state index in [9.17, 15) is 9.59 Å². The highest BCUT2D eigenvalue weighted by atomic mass is 16.6. The van der Waals surface area contributed by atoms with Gasteiger partial charge in [0.2, 0.25) is 0 Å². The number of nitrogens with one attached hydrogen (secondary N) is 1. The fourth-order valence-electron chi connectivity index (χ4n) is 9.09. The van der Waals surface area contributed by atoms with E-state index in [2.05, 4.69) is 46.0 Å². The van der Waals surface area contributed by atoms with Gasteiger partial charge < -0.3 is 15.2 Å². The van der Waals surface area contributed by atoms with Gasteiger partial charge in [0.05, 0.1) is 0 Å². The molecule has 35 heavy (non-hydrogen) atoms. The van der Waals surface area contributed by atoms with Gasteiger partial charge in [-0.3, -0.25) is 4.79 Å². The van der Waals surface area contributed by atoms with Gasteiger partial charge in [-0.1, -0.05) is 65.5 Å². The lowest BCUT2D eigenvalue weighted by atomic mass is 9.47. The van der Waals surface area contributed by atoms with E-state index in [0.29, 0.717) is 5.41 Å². The molecule has 3 saturated carbocycles. The smallest absolute Gasteiger partial charge is 0.407 e. The van der Waals surface area contributed by atoms with E-state index in [1.54, 1.807) is 0 Å². The summed E-state index contributed by atoms with van der Waals surface area (Å²) in [6.07, 6.45) is 15.4. The van der Waals surface area contributed by atoms with Gasteiger partial charge >= 0.3 is 12.1 Å². The van der Waals surface area contributed by atoms with Crippen LogP contribution in [0.25, 0.3) is 0 Å². The number of ether oxygens (including phenoxy) is 1. The molecule has 4 rings (SSSR count). The Morgan fingerprint density at radius 1 is 1.09 bits per heavy atom. The van der Waals surface area contributed by atoms with Crippen molar-refractivity contribution in [2.45, 2.75) is 111 Å². The topological polar surface area (TPSA) is 75.6 Å². The lowest BCUT2D eigenvalue weighted by Gasteiger charge is -2.58. The van der Waals surface area contributed by atoms with Crippen molar-refractivity contribution in [1.82, 2.24) is 5.32 Å². The van der Waals surface area contributed by atoms with Crippen LogP contribution in [0.15, 0.2) is 11.6 Å². The van der Waals surface area contributed by atoms with Crippen molar-refractivity contribution in [3.8, 4) is 0 Å². The van der Waals surface area contributed by atoms with Crippen molar-refractivity contribution in [3.05, 3.63) is 11.6 Å². The molecule has 1 amide bonds. The molecule has 0 spiro atoms. The largest absolute Gasteiger partial charge is 0.480 e. The minimum absolute atomic E-state index is 0.143. The molecule has 0 aromatic heterocycles. The Bertz CT molecular complexity index is 821. The Morgan fingerprint density at radius 2 is 1.86 bits per heavy atom. The Labute approximate surface area is 212 Å². The third-order valence-electron chi connectivity index (χ3n) is 10.9. The number of allylic oxidation sites excluding steroid dienone is 1. The number of carboxylic acid groups (broad SMARTS) is 1. The second-order valence-corrected chi connectivity index (χ2v) is 13.3. The van der Waals surface area contributed by atoms with E-state index in [1.165, 1.54) is 56.9 Å². The third-order valence-corrected chi connectivity index (χ3v) is 10.9. The number of hydrogen-bond acceptors (Lipinski definition) is 3. The van der Waals surface area contributed by atoms with Crippen molar-refractivity contribution < 1.29 is 19.4 Å². The zero-order valence-corrected chi connectivity index (χ0v) is 22.8. The summed E-state index contributed by atoms with van der Waals surface area (Å²) in [7, 11) is 0. The summed E-state index contributed by atoms with van der Waals surface area (Å²) in [5.41, 5.74) is 2.21. The summed E-state index contributed by atoms with van der Waals surface area (Å²) >= 11 is 0. The Balaban J connectivity index is 1.40. The maximum Gasteiger partial charge on any atom is 0.407 e. The molecule has 0 radical (unpaired) electrons. The molecule has 0 heterocycles.